The van der Waals surface area contributed by atoms with Crippen molar-refractivity contribution in [1.82, 2.24) is 15.1 Å². The molecule has 2 rings (SSSR count). The van der Waals surface area contributed by atoms with Gasteiger partial charge in [-0.1, -0.05) is 0 Å². The predicted octanol–water partition coefficient (Wildman–Crippen LogP) is 2.67. The van der Waals surface area contributed by atoms with Gasteiger partial charge in [0.05, 0.1) is 28.5 Å². The summed E-state index contributed by atoms with van der Waals surface area (Å²) in [5.41, 5.74) is 1.19. The summed E-state index contributed by atoms with van der Waals surface area (Å²) in [6.45, 7) is 5.16. The molecule has 2 heterocycles. The monoisotopic (exact) mass is 301 g/mol. The average molecular weight is 302 g/mol. The van der Waals surface area contributed by atoms with Crippen LogP contribution in [0, 0.1) is 0 Å². The van der Waals surface area contributed by atoms with Crippen LogP contribution in [0.4, 0.5) is 0 Å². The maximum absolute atomic E-state index is 5.80. The van der Waals surface area contributed by atoms with Crippen LogP contribution >= 0.6 is 15.9 Å². The quantitative estimate of drug-likeness (QED) is 0.929. The summed E-state index contributed by atoms with van der Waals surface area (Å²) in [7, 11) is 1.98. The zero-order chi connectivity index (χ0) is 12.4. The molecule has 4 nitrogen and oxygen atoms in total. The molecule has 0 bridgehead atoms. The zero-order valence-electron chi connectivity index (χ0n) is 10.6. The van der Waals surface area contributed by atoms with Crippen LogP contribution in [0.1, 0.15) is 44.5 Å². The Labute approximate surface area is 111 Å². The van der Waals surface area contributed by atoms with Gasteiger partial charge < -0.3 is 10.1 Å². The maximum atomic E-state index is 5.80. The predicted molar refractivity (Wildman–Crippen MR) is 71.1 cm³/mol. The van der Waals surface area contributed by atoms with Crippen LogP contribution in [0.5, 0.6) is 0 Å². The average Bonchev–Trinajstić information content (AvgIpc) is 2.91. The standard InChI is InChI=1S/C12H20BrN3O/c1-8(2)16-12(9(13)7-15-16)11(14-3)10-5-4-6-17-10/h7-8,10-11,14H,4-6H2,1-3H3. The smallest absolute Gasteiger partial charge is 0.0786 e. The van der Waals surface area contributed by atoms with Gasteiger partial charge in [-0.3, -0.25) is 4.68 Å². The highest BCUT2D eigenvalue weighted by atomic mass is 79.9. The van der Waals surface area contributed by atoms with Gasteiger partial charge in [0.1, 0.15) is 0 Å². The number of rotatable bonds is 4. The molecule has 1 aliphatic heterocycles. The normalized spacial score (nSPS) is 22.3. The van der Waals surface area contributed by atoms with Gasteiger partial charge in [-0.25, -0.2) is 0 Å². The summed E-state index contributed by atoms with van der Waals surface area (Å²) in [5, 5.41) is 7.80. The zero-order valence-corrected chi connectivity index (χ0v) is 12.2. The Bertz CT molecular complexity index is 372. The second-order valence-electron chi connectivity index (χ2n) is 4.73. The number of nitrogens with zero attached hydrogens (tertiary/aromatic N) is 2. The molecule has 96 valence electrons. The van der Waals surface area contributed by atoms with Crippen LogP contribution in [0.25, 0.3) is 0 Å². The van der Waals surface area contributed by atoms with E-state index in [-0.39, 0.29) is 12.1 Å². The molecule has 2 atom stereocenters. The van der Waals surface area contributed by atoms with Crippen molar-refractivity contribution in [3.8, 4) is 0 Å². The number of aromatic nitrogens is 2. The van der Waals surface area contributed by atoms with Gasteiger partial charge in [-0.15, -0.1) is 0 Å². The first kappa shape index (κ1) is 13.1. The summed E-state index contributed by atoms with van der Waals surface area (Å²) in [6, 6.07) is 0.560. The van der Waals surface area contributed by atoms with Crippen LogP contribution < -0.4 is 5.32 Å². The molecule has 0 spiro atoms. The van der Waals surface area contributed by atoms with E-state index in [9.17, 15) is 0 Å². The molecule has 0 saturated carbocycles. The minimum atomic E-state index is 0.205. The third-order valence-corrected chi connectivity index (χ3v) is 3.83. The number of likely N-dealkylation sites (N-methyl/N-ethyl adjacent to an activating group) is 1. The van der Waals surface area contributed by atoms with Crippen LogP contribution in [0.2, 0.25) is 0 Å². The molecule has 0 aliphatic carbocycles. The number of nitrogens with one attached hydrogen (secondary N) is 1. The topological polar surface area (TPSA) is 39.1 Å². The van der Waals surface area contributed by atoms with Crippen molar-refractivity contribution in [3.63, 3.8) is 0 Å². The lowest BCUT2D eigenvalue weighted by Crippen LogP contribution is -2.31. The molecular formula is C12H20BrN3O. The van der Waals surface area contributed by atoms with E-state index in [0.29, 0.717) is 6.04 Å². The Morgan fingerprint density at radius 3 is 2.88 bits per heavy atom. The molecule has 0 radical (unpaired) electrons. The van der Waals surface area contributed by atoms with Crippen molar-refractivity contribution in [1.29, 1.82) is 0 Å². The first-order valence-corrected chi connectivity index (χ1v) is 6.96. The minimum Gasteiger partial charge on any atom is -0.376 e. The van der Waals surface area contributed by atoms with E-state index in [4.69, 9.17) is 4.74 Å². The molecule has 17 heavy (non-hydrogen) atoms. The highest BCUT2D eigenvalue weighted by Gasteiger charge is 2.30. The van der Waals surface area contributed by atoms with Gasteiger partial charge in [-0.2, -0.15) is 5.10 Å². The molecular weight excluding hydrogens is 282 g/mol. The molecule has 0 aromatic carbocycles. The lowest BCUT2D eigenvalue weighted by molar-refractivity contribution is 0.0773. The Hall–Kier alpha value is -0.390. The highest BCUT2D eigenvalue weighted by molar-refractivity contribution is 9.10. The van der Waals surface area contributed by atoms with Gasteiger partial charge >= 0.3 is 0 Å². The van der Waals surface area contributed by atoms with Gasteiger partial charge in [0, 0.05) is 12.6 Å². The van der Waals surface area contributed by atoms with E-state index >= 15 is 0 Å². The van der Waals surface area contributed by atoms with Crippen molar-refractivity contribution in [2.45, 2.75) is 44.9 Å². The minimum absolute atomic E-state index is 0.205. The van der Waals surface area contributed by atoms with Gasteiger partial charge in [0.15, 0.2) is 0 Å². The Morgan fingerprint density at radius 2 is 2.35 bits per heavy atom. The van der Waals surface area contributed by atoms with Crippen LogP contribution in [0.3, 0.4) is 0 Å². The van der Waals surface area contributed by atoms with E-state index < -0.39 is 0 Å². The molecule has 1 fully saturated rings. The maximum Gasteiger partial charge on any atom is 0.0786 e. The van der Waals surface area contributed by atoms with Crippen LogP contribution in [-0.4, -0.2) is 29.5 Å². The molecule has 0 amide bonds. The van der Waals surface area contributed by atoms with Crippen LogP contribution in [0.15, 0.2) is 10.7 Å². The van der Waals surface area contributed by atoms with E-state index in [1.165, 1.54) is 5.69 Å². The number of halogens is 1. The summed E-state index contributed by atoms with van der Waals surface area (Å²) >= 11 is 3.60. The molecule has 1 N–H and O–H groups in total. The fraction of sp³-hybridized carbons (Fsp3) is 0.750. The largest absolute Gasteiger partial charge is 0.376 e. The number of hydrogen-bond donors (Lipinski definition) is 1. The fourth-order valence-electron chi connectivity index (χ4n) is 2.42. The highest BCUT2D eigenvalue weighted by Crippen LogP contribution is 2.32. The van der Waals surface area contributed by atoms with Crippen LogP contribution in [-0.2, 0) is 4.74 Å². The molecule has 5 heteroatoms. The first-order chi connectivity index (χ1) is 8.15. The van der Waals surface area contributed by atoms with E-state index in [2.05, 4.69) is 44.9 Å². The number of ether oxygens (including phenoxy) is 1. The molecule has 2 unspecified atom stereocenters. The second-order valence-corrected chi connectivity index (χ2v) is 5.59. The third kappa shape index (κ3) is 2.56. The second kappa shape index (κ2) is 5.50. The lowest BCUT2D eigenvalue weighted by Gasteiger charge is -2.25. The van der Waals surface area contributed by atoms with Gasteiger partial charge in [0.25, 0.3) is 0 Å². The molecule has 1 aromatic heterocycles. The van der Waals surface area contributed by atoms with Crippen molar-refractivity contribution >= 4 is 15.9 Å². The van der Waals surface area contributed by atoms with E-state index in [0.717, 1.165) is 23.9 Å². The lowest BCUT2D eigenvalue weighted by atomic mass is 10.0. The van der Waals surface area contributed by atoms with Gasteiger partial charge in [-0.05, 0) is 49.7 Å². The Balaban J connectivity index is 2.32. The fourth-order valence-corrected chi connectivity index (χ4v) is 2.94. The van der Waals surface area contributed by atoms with Crippen molar-refractivity contribution in [2.24, 2.45) is 0 Å². The summed E-state index contributed by atoms with van der Waals surface area (Å²) in [6.07, 6.45) is 4.39. The molecule has 1 saturated heterocycles. The van der Waals surface area contributed by atoms with Crippen molar-refractivity contribution in [3.05, 3.63) is 16.4 Å². The van der Waals surface area contributed by atoms with Crippen molar-refractivity contribution in [2.75, 3.05) is 13.7 Å². The Morgan fingerprint density at radius 1 is 1.59 bits per heavy atom. The summed E-state index contributed by atoms with van der Waals surface area (Å²) in [5.74, 6) is 0. The van der Waals surface area contributed by atoms with E-state index in [1.807, 2.05) is 13.2 Å². The Kier molecular flexibility index (Phi) is 4.22. The number of hydrogen-bond acceptors (Lipinski definition) is 3. The molecule has 1 aromatic rings. The first-order valence-electron chi connectivity index (χ1n) is 6.17. The van der Waals surface area contributed by atoms with Crippen molar-refractivity contribution < 1.29 is 4.74 Å². The molecule has 1 aliphatic rings. The summed E-state index contributed by atoms with van der Waals surface area (Å²) < 4.78 is 8.91. The third-order valence-electron chi connectivity index (χ3n) is 3.22. The van der Waals surface area contributed by atoms with E-state index in [1.54, 1.807) is 0 Å². The SMILES string of the molecule is CNC(c1c(Br)cnn1C(C)C)C1CCCO1. The van der Waals surface area contributed by atoms with Gasteiger partial charge in [0.2, 0.25) is 0 Å². The summed E-state index contributed by atoms with van der Waals surface area (Å²) in [4.78, 5) is 0.